The molecule has 0 atom stereocenters. The zero-order valence-corrected chi connectivity index (χ0v) is 18.8. The number of fused-ring (bicyclic) bond motifs is 1. The minimum absolute atomic E-state index is 0.140. The highest BCUT2D eigenvalue weighted by Gasteiger charge is 2.29. The lowest BCUT2D eigenvalue weighted by Gasteiger charge is -2.33. The largest absolute Gasteiger partial charge is 0.444 e. The molecule has 4 heterocycles. The van der Waals surface area contributed by atoms with E-state index in [1.165, 1.54) is 0 Å². The van der Waals surface area contributed by atoms with Gasteiger partial charge in [0.1, 0.15) is 16.3 Å². The summed E-state index contributed by atoms with van der Waals surface area (Å²) in [6.07, 6.45) is 2.99. The lowest BCUT2D eigenvalue weighted by Crippen LogP contribution is -2.41. The Bertz CT molecular complexity index is 1130. The lowest BCUT2D eigenvalue weighted by molar-refractivity contribution is 0.0203. The van der Waals surface area contributed by atoms with E-state index in [2.05, 4.69) is 15.1 Å². The van der Waals surface area contributed by atoms with Crippen LogP contribution in [0, 0.1) is 13.8 Å². The zero-order valence-electron chi connectivity index (χ0n) is 18.0. The standard InChI is InChI=1S/C21H27N5O3S/c1-12-13(2)30-19(23-12)15-11-22-26-16(10-17(27)24-18(15)26)14-6-8-25(9-7-14)20(28)29-21(3,4)5/h10-11,14H,6-9H2,1-5H3,(H,24,27). The van der Waals surface area contributed by atoms with Gasteiger partial charge in [0.25, 0.3) is 5.56 Å². The SMILES string of the molecule is Cc1nc(-c2cnn3c(C4CCN(C(=O)OC(C)(C)C)CC4)cc(=O)[nH]c23)sc1C. The van der Waals surface area contributed by atoms with Crippen molar-refractivity contribution in [1.82, 2.24) is 24.5 Å². The number of aryl methyl sites for hydroxylation is 2. The van der Waals surface area contributed by atoms with E-state index in [4.69, 9.17) is 4.74 Å². The van der Waals surface area contributed by atoms with Crippen LogP contribution in [0.15, 0.2) is 17.1 Å². The summed E-state index contributed by atoms with van der Waals surface area (Å²) in [5.74, 6) is 0.140. The van der Waals surface area contributed by atoms with Crippen molar-refractivity contribution in [1.29, 1.82) is 0 Å². The first kappa shape index (κ1) is 20.6. The van der Waals surface area contributed by atoms with Crippen LogP contribution < -0.4 is 5.56 Å². The van der Waals surface area contributed by atoms with Gasteiger partial charge in [-0.1, -0.05) is 0 Å². The third kappa shape index (κ3) is 3.98. The fourth-order valence-corrected chi connectivity index (χ4v) is 4.66. The Balaban J connectivity index is 1.60. The number of nitrogens with zero attached hydrogens (tertiary/aromatic N) is 4. The molecule has 0 aromatic carbocycles. The molecule has 1 amide bonds. The van der Waals surface area contributed by atoms with Gasteiger partial charge in [-0.05, 0) is 47.5 Å². The van der Waals surface area contributed by atoms with E-state index < -0.39 is 5.60 Å². The predicted molar refractivity (Wildman–Crippen MR) is 116 cm³/mol. The first-order valence-corrected chi connectivity index (χ1v) is 11.0. The van der Waals surface area contributed by atoms with E-state index in [1.807, 2.05) is 39.1 Å². The molecule has 1 aliphatic heterocycles. The molecule has 0 radical (unpaired) electrons. The molecule has 1 saturated heterocycles. The molecule has 8 nitrogen and oxygen atoms in total. The van der Waals surface area contributed by atoms with E-state index >= 15 is 0 Å². The van der Waals surface area contributed by atoms with Crippen LogP contribution in [0.4, 0.5) is 4.79 Å². The smallest absolute Gasteiger partial charge is 0.410 e. The minimum Gasteiger partial charge on any atom is -0.444 e. The van der Waals surface area contributed by atoms with Crippen molar-refractivity contribution in [3.63, 3.8) is 0 Å². The summed E-state index contributed by atoms with van der Waals surface area (Å²) in [6.45, 7) is 10.8. The van der Waals surface area contributed by atoms with Gasteiger partial charge in [0, 0.05) is 30.0 Å². The van der Waals surface area contributed by atoms with E-state index in [-0.39, 0.29) is 17.6 Å². The highest BCUT2D eigenvalue weighted by atomic mass is 32.1. The Morgan fingerprint density at radius 1 is 1.27 bits per heavy atom. The molecule has 0 saturated carbocycles. The number of rotatable bonds is 2. The molecule has 30 heavy (non-hydrogen) atoms. The molecule has 3 aromatic heterocycles. The van der Waals surface area contributed by atoms with Crippen molar-refractivity contribution < 1.29 is 9.53 Å². The average molecular weight is 430 g/mol. The number of amides is 1. The van der Waals surface area contributed by atoms with Crippen LogP contribution >= 0.6 is 11.3 Å². The molecule has 160 valence electrons. The first-order chi connectivity index (χ1) is 14.1. The maximum Gasteiger partial charge on any atom is 0.410 e. The van der Waals surface area contributed by atoms with E-state index in [0.717, 1.165) is 39.7 Å². The number of carbonyl (C=O) groups excluding carboxylic acids is 1. The van der Waals surface area contributed by atoms with Gasteiger partial charge in [-0.25, -0.2) is 14.3 Å². The molecule has 1 aliphatic rings. The molecule has 0 unspecified atom stereocenters. The number of thiazole rings is 1. The quantitative estimate of drug-likeness (QED) is 0.667. The Morgan fingerprint density at radius 2 is 1.97 bits per heavy atom. The molecular weight excluding hydrogens is 402 g/mol. The Morgan fingerprint density at radius 3 is 2.57 bits per heavy atom. The number of nitrogens with one attached hydrogen (secondary N) is 1. The Labute approximate surface area is 178 Å². The van der Waals surface area contributed by atoms with E-state index in [1.54, 1.807) is 28.5 Å². The highest BCUT2D eigenvalue weighted by molar-refractivity contribution is 7.15. The topological polar surface area (TPSA) is 92.6 Å². The summed E-state index contributed by atoms with van der Waals surface area (Å²) in [7, 11) is 0. The third-order valence-electron chi connectivity index (χ3n) is 5.36. The summed E-state index contributed by atoms with van der Waals surface area (Å²) < 4.78 is 7.30. The molecule has 9 heteroatoms. The number of ether oxygens (including phenoxy) is 1. The van der Waals surface area contributed by atoms with Crippen LogP contribution in [-0.2, 0) is 4.74 Å². The monoisotopic (exact) mass is 429 g/mol. The van der Waals surface area contributed by atoms with Crippen molar-refractivity contribution >= 4 is 23.1 Å². The fraction of sp³-hybridized carbons (Fsp3) is 0.524. The molecule has 0 spiro atoms. The number of hydrogen-bond donors (Lipinski definition) is 1. The number of carbonyl (C=O) groups is 1. The van der Waals surface area contributed by atoms with Gasteiger partial charge in [0.15, 0.2) is 0 Å². The fourth-order valence-electron chi connectivity index (χ4n) is 3.73. The van der Waals surface area contributed by atoms with Crippen molar-refractivity contribution in [3.8, 4) is 10.6 Å². The van der Waals surface area contributed by atoms with Crippen molar-refractivity contribution in [2.75, 3.05) is 13.1 Å². The summed E-state index contributed by atoms with van der Waals surface area (Å²) in [5.41, 5.74) is 2.70. The van der Waals surface area contributed by atoms with Crippen molar-refractivity contribution in [2.24, 2.45) is 0 Å². The van der Waals surface area contributed by atoms with Gasteiger partial charge in [-0.3, -0.25) is 4.79 Å². The number of aromatic nitrogens is 4. The molecule has 1 fully saturated rings. The van der Waals surface area contributed by atoms with Crippen LogP contribution in [0.25, 0.3) is 16.2 Å². The molecular formula is C21H27N5O3S. The second kappa shape index (κ2) is 7.54. The summed E-state index contributed by atoms with van der Waals surface area (Å²) >= 11 is 1.60. The van der Waals surface area contributed by atoms with Crippen LogP contribution in [0.5, 0.6) is 0 Å². The Kier molecular flexibility index (Phi) is 5.17. The van der Waals surface area contributed by atoms with Gasteiger partial charge in [-0.15, -0.1) is 11.3 Å². The average Bonchev–Trinajstić information content (AvgIpc) is 3.23. The molecule has 0 aliphatic carbocycles. The molecule has 4 rings (SSSR count). The lowest BCUT2D eigenvalue weighted by atomic mass is 9.93. The van der Waals surface area contributed by atoms with Gasteiger partial charge in [0.2, 0.25) is 0 Å². The highest BCUT2D eigenvalue weighted by Crippen LogP contribution is 2.32. The van der Waals surface area contributed by atoms with Gasteiger partial charge >= 0.3 is 6.09 Å². The molecule has 0 bridgehead atoms. The first-order valence-electron chi connectivity index (χ1n) is 10.2. The van der Waals surface area contributed by atoms with Crippen LogP contribution in [0.3, 0.4) is 0 Å². The normalized spacial score (nSPS) is 15.7. The minimum atomic E-state index is -0.509. The maximum absolute atomic E-state index is 12.4. The number of likely N-dealkylation sites (tertiary alicyclic amines) is 1. The predicted octanol–water partition coefficient (Wildman–Crippen LogP) is 3.88. The van der Waals surface area contributed by atoms with Crippen molar-refractivity contribution in [3.05, 3.63) is 38.9 Å². The van der Waals surface area contributed by atoms with Gasteiger partial charge in [0.05, 0.1) is 23.1 Å². The second-order valence-corrected chi connectivity index (χ2v) is 9.98. The summed E-state index contributed by atoms with van der Waals surface area (Å²) in [4.78, 5) is 35.2. The Hall–Kier alpha value is -2.68. The summed E-state index contributed by atoms with van der Waals surface area (Å²) in [6, 6.07) is 1.62. The molecule has 1 N–H and O–H groups in total. The number of H-pyrrole nitrogens is 1. The van der Waals surface area contributed by atoms with Gasteiger partial charge in [-0.2, -0.15) is 5.10 Å². The van der Waals surface area contributed by atoms with Gasteiger partial charge < -0.3 is 14.6 Å². The summed E-state index contributed by atoms with van der Waals surface area (Å²) in [5, 5.41) is 5.41. The van der Waals surface area contributed by atoms with Crippen LogP contribution in [0.1, 0.15) is 55.8 Å². The second-order valence-electron chi connectivity index (χ2n) is 8.78. The maximum atomic E-state index is 12.4. The van der Waals surface area contributed by atoms with E-state index in [0.29, 0.717) is 18.7 Å². The number of aromatic amines is 1. The van der Waals surface area contributed by atoms with E-state index in [9.17, 15) is 9.59 Å². The van der Waals surface area contributed by atoms with Crippen molar-refractivity contribution in [2.45, 2.75) is 59.0 Å². The number of hydrogen-bond acceptors (Lipinski definition) is 6. The zero-order chi connectivity index (χ0) is 21.6. The molecule has 3 aromatic rings. The van der Waals surface area contributed by atoms with Crippen LogP contribution in [-0.4, -0.2) is 49.3 Å². The third-order valence-corrected chi connectivity index (χ3v) is 6.46. The number of piperidine rings is 1. The van der Waals surface area contributed by atoms with Crippen LogP contribution in [0.2, 0.25) is 0 Å².